The molecule has 1 aromatic rings. The SMILES string of the molecule is CCC1(C(=O)N2Cc3[nH]cnc3CC2C(=O)O)CCNC1. The van der Waals surface area contributed by atoms with Gasteiger partial charge in [0.2, 0.25) is 5.91 Å². The summed E-state index contributed by atoms with van der Waals surface area (Å²) in [4.78, 5) is 33.2. The fourth-order valence-electron chi connectivity index (χ4n) is 3.35. The molecule has 114 valence electrons. The van der Waals surface area contributed by atoms with Crippen molar-refractivity contribution < 1.29 is 14.7 Å². The topological polar surface area (TPSA) is 98.3 Å². The zero-order chi connectivity index (χ0) is 15.0. The average Bonchev–Trinajstić information content (AvgIpc) is 3.14. The van der Waals surface area contributed by atoms with E-state index >= 15 is 0 Å². The summed E-state index contributed by atoms with van der Waals surface area (Å²) in [5.74, 6) is -1.02. The molecular formula is C14H20N4O3. The van der Waals surface area contributed by atoms with E-state index < -0.39 is 17.4 Å². The molecule has 2 aliphatic heterocycles. The van der Waals surface area contributed by atoms with Crippen LogP contribution in [0.1, 0.15) is 31.2 Å². The Balaban J connectivity index is 1.92. The summed E-state index contributed by atoms with van der Waals surface area (Å²) in [5.41, 5.74) is 1.13. The first-order chi connectivity index (χ1) is 10.1. The molecule has 0 radical (unpaired) electrons. The van der Waals surface area contributed by atoms with Gasteiger partial charge in [-0.2, -0.15) is 0 Å². The van der Waals surface area contributed by atoms with Crippen LogP contribution in [0.25, 0.3) is 0 Å². The van der Waals surface area contributed by atoms with Crippen LogP contribution in [0, 0.1) is 5.41 Å². The van der Waals surface area contributed by atoms with E-state index in [1.165, 1.54) is 4.90 Å². The van der Waals surface area contributed by atoms with Crippen molar-refractivity contribution in [1.29, 1.82) is 0 Å². The predicted octanol–water partition coefficient (Wildman–Crippen LogP) is 0.137. The number of nitrogens with one attached hydrogen (secondary N) is 2. The first-order valence-corrected chi connectivity index (χ1v) is 7.33. The molecule has 21 heavy (non-hydrogen) atoms. The zero-order valence-corrected chi connectivity index (χ0v) is 12.1. The van der Waals surface area contributed by atoms with Crippen molar-refractivity contribution in [3.63, 3.8) is 0 Å². The van der Waals surface area contributed by atoms with Crippen molar-refractivity contribution in [3.8, 4) is 0 Å². The number of imidazole rings is 1. The number of nitrogens with zero attached hydrogens (tertiary/aromatic N) is 2. The molecule has 0 spiro atoms. The fourth-order valence-corrected chi connectivity index (χ4v) is 3.35. The zero-order valence-electron chi connectivity index (χ0n) is 12.1. The maximum Gasteiger partial charge on any atom is 0.326 e. The molecule has 7 nitrogen and oxygen atoms in total. The van der Waals surface area contributed by atoms with Crippen LogP contribution in [0.15, 0.2) is 6.33 Å². The Kier molecular flexibility index (Phi) is 3.44. The van der Waals surface area contributed by atoms with Crippen molar-refractivity contribution in [2.45, 2.75) is 38.8 Å². The molecule has 1 fully saturated rings. The van der Waals surface area contributed by atoms with Crippen LogP contribution < -0.4 is 5.32 Å². The highest BCUT2D eigenvalue weighted by Crippen LogP contribution is 2.34. The van der Waals surface area contributed by atoms with E-state index in [1.807, 2.05) is 6.92 Å². The molecule has 0 bridgehead atoms. The Bertz CT molecular complexity index is 562. The highest BCUT2D eigenvalue weighted by atomic mass is 16.4. The van der Waals surface area contributed by atoms with Crippen LogP contribution in [-0.2, 0) is 22.6 Å². The number of aliphatic carboxylic acids is 1. The van der Waals surface area contributed by atoms with Crippen molar-refractivity contribution in [1.82, 2.24) is 20.2 Å². The molecule has 2 aliphatic rings. The lowest BCUT2D eigenvalue weighted by Gasteiger charge is -2.38. The molecule has 0 aromatic carbocycles. The third-order valence-electron chi connectivity index (χ3n) is 4.82. The van der Waals surface area contributed by atoms with Gasteiger partial charge in [0.25, 0.3) is 0 Å². The van der Waals surface area contributed by atoms with E-state index in [-0.39, 0.29) is 12.3 Å². The largest absolute Gasteiger partial charge is 0.480 e. The number of carbonyl (C=O) groups excluding carboxylic acids is 1. The number of fused-ring (bicyclic) bond motifs is 1. The summed E-state index contributed by atoms with van der Waals surface area (Å²) in [6.07, 6.45) is 3.32. The summed E-state index contributed by atoms with van der Waals surface area (Å²) >= 11 is 0. The number of hydrogen-bond donors (Lipinski definition) is 3. The monoisotopic (exact) mass is 292 g/mol. The minimum absolute atomic E-state index is 0.0531. The quantitative estimate of drug-likeness (QED) is 0.736. The number of aromatic amines is 1. The third-order valence-corrected chi connectivity index (χ3v) is 4.82. The molecule has 2 atom stereocenters. The van der Waals surface area contributed by atoms with Crippen LogP contribution in [0.5, 0.6) is 0 Å². The van der Waals surface area contributed by atoms with Gasteiger partial charge in [0, 0.05) is 13.0 Å². The van der Waals surface area contributed by atoms with Gasteiger partial charge in [-0.05, 0) is 19.4 Å². The van der Waals surface area contributed by atoms with Gasteiger partial charge >= 0.3 is 5.97 Å². The average molecular weight is 292 g/mol. The summed E-state index contributed by atoms with van der Waals surface area (Å²) in [6.45, 7) is 3.72. The molecule has 1 amide bonds. The molecule has 3 heterocycles. The molecule has 3 N–H and O–H groups in total. The minimum atomic E-state index is -0.964. The Morgan fingerprint density at radius 3 is 3.00 bits per heavy atom. The summed E-state index contributed by atoms with van der Waals surface area (Å²) < 4.78 is 0. The van der Waals surface area contributed by atoms with Gasteiger partial charge in [0.05, 0.1) is 29.7 Å². The van der Waals surface area contributed by atoms with E-state index in [1.54, 1.807) is 6.33 Å². The molecule has 3 rings (SSSR count). The van der Waals surface area contributed by atoms with Gasteiger partial charge in [0.1, 0.15) is 6.04 Å². The predicted molar refractivity (Wildman–Crippen MR) is 74.5 cm³/mol. The van der Waals surface area contributed by atoms with Crippen molar-refractivity contribution >= 4 is 11.9 Å². The molecule has 1 aromatic heterocycles. The smallest absolute Gasteiger partial charge is 0.326 e. The van der Waals surface area contributed by atoms with Gasteiger partial charge in [0.15, 0.2) is 0 Å². The first-order valence-electron chi connectivity index (χ1n) is 7.33. The van der Waals surface area contributed by atoms with Crippen LogP contribution in [0.3, 0.4) is 0 Å². The van der Waals surface area contributed by atoms with Crippen LogP contribution >= 0.6 is 0 Å². The fraction of sp³-hybridized carbons (Fsp3) is 0.643. The summed E-state index contributed by atoms with van der Waals surface area (Å²) in [6, 6.07) is -0.822. The second-order valence-electron chi connectivity index (χ2n) is 5.88. The van der Waals surface area contributed by atoms with Gasteiger partial charge in [-0.3, -0.25) is 4.79 Å². The highest BCUT2D eigenvalue weighted by Gasteiger charge is 2.46. The number of amides is 1. The number of carboxylic acids is 1. The van der Waals surface area contributed by atoms with E-state index in [0.29, 0.717) is 13.1 Å². The van der Waals surface area contributed by atoms with Gasteiger partial charge in [-0.1, -0.05) is 6.92 Å². The normalized spacial score (nSPS) is 28.4. The number of carboxylic acid groups (broad SMARTS) is 1. The van der Waals surface area contributed by atoms with Crippen molar-refractivity contribution in [3.05, 3.63) is 17.7 Å². The van der Waals surface area contributed by atoms with Crippen molar-refractivity contribution in [2.75, 3.05) is 13.1 Å². The van der Waals surface area contributed by atoms with E-state index in [4.69, 9.17) is 0 Å². The minimum Gasteiger partial charge on any atom is -0.480 e. The number of rotatable bonds is 3. The van der Waals surface area contributed by atoms with Crippen LogP contribution in [-0.4, -0.2) is 51.0 Å². The van der Waals surface area contributed by atoms with E-state index in [0.717, 1.165) is 30.8 Å². The Morgan fingerprint density at radius 1 is 1.57 bits per heavy atom. The Hall–Kier alpha value is -1.89. The molecule has 1 saturated heterocycles. The lowest BCUT2D eigenvalue weighted by atomic mass is 9.81. The summed E-state index contributed by atoms with van der Waals surface area (Å²) in [7, 11) is 0. The van der Waals surface area contributed by atoms with Crippen molar-refractivity contribution in [2.24, 2.45) is 5.41 Å². The number of hydrogen-bond acceptors (Lipinski definition) is 4. The second kappa shape index (κ2) is 5.14. The van der Waals surface area contributed by atoms with Gasteiger partial charge in [-0.25, -0.2) is 9.78 Å². The molecule has 2 unspecified atom stereocenters. The van der Waals surface area contributed by atoms with Crippen LogP contribution in [0.2, 0.25) is 0 Å². The second-order valence-corrected chi connectivity index (χ2v) is 5.88. The highest BCUT2D eigenvalue weighted by molar-refractivity contribution is 5.88. The van der Waals surface area contributed by atoms with Gasteiger partial charge < -0.3 is 20.3 Å². The third kappa shape index (κ3) is 2.21. The van der Waals surface area contributed by atoms with Crippen LogP contribution in [0.4, 0.5) is 0 Å². The Morgan fingerprint density at radius 2 is 2.38 bits per heavy atom. The number of carbonyl (C=O) groups is 2. The molecule has 7 heteroatoms. The van der Waals surface area contributed by atoms with E-state index in [2.05, 4.69) is 15.3 Å². The standard InChI is InChI=1S/C14H20N4O3/c1-2-14(3-4-15-7-14)13(21)18-6-10-9(16-8-17-10)5-11(18)12(19)20/h8,11,15H,2-7H2,1H3,(H,16,17)(H,19,20). The lowest BCUT2D eigenvalue weighted by molar-refractivity contribution is -0.156. The van der Waals surface area contributed by atoms with Gasteiger partial charge in [-0.15, -0.1) is 0 Å². The molecular weight excluding hydrogens is 272 g/mol. The lowest BCUT2D eigenvalue weighted by Crippen LogP contribution is -2.54. The number of H-pyrrole nitrogens is 1. The van der Waals surface area contributed by atoms with E-state index in [9.17, 15) is 14.7 Å². The molecule has 0 saturated carbocycles. The maximum atomic E-state index is 13.0. The Labute approximate surface area is 122 Å². The maximum absolute atomic E-state index is 13.0. The summed E-state index contributed by atoms with van der Waals surface area (Å²) in [5, 5.41) is 12.7. The molecule has 0 aliphatic carbocycles. The first kappa shape index (κ1) is 14.1. The number of aromatic nitrogens is 2.